The minimum Gasteiger partial charge on any atom is -0.383 e. The molecule has 0 aromatic carbocycles. The number of nitrogen functional groups attached to an aromatic ring is 1. The SMILES string of the molecule is COCC1OC(n2ccc(N)nc2=O)CC1OC. The van der Waals surface area contributed by atoms with E-state index in [0.29, 0.717) is 13.0 Å². The Kier molecular flexibility index (Phi) is 3.95. The predicted octanol–water partition coefficient (Wildman–Crippen LogP) is -0.226. The van der Waals surface area contributed by atoms with Gasteiger partial charge in [-0.3, -0.25) is 4.57 Å². The maximum atomic E-state index is 11.7. The summed E-state index contributed by atoms with van der Waals surface area (Å²) in [6.07, 6.45) is 1.48. The standard InChI is InChI=1S/C11H17N3O4/c1-16-6-8-7(17-2)5-10(18-8)14-4-3-9(12)13-11(14)15/h3-4,7-8,10H,5-6H2,1-2H3,(H2,12,13,15). The van der Waals surface area contributed by atoms with Crippen LogP contribution in [0.25, 0.3) is 0 Å². The van der Waals surface area contributed by atoms with Crippen molar-refractivity contribution in [3.8, 4) is 0 Å². The number of ether oxygens (including phenoxy) is 3. The van der Waals surface area contributed by atoms with Gasteiger partial charge < -0.3 is 19.9 Å². The summed E-state index contributed by atoms with van der Waals surface area (Å²) in [5, 5.41) is 0. The Labute approximate surface area is 104 Å². The van der Waals surface area contributed by atoms with Crippen LogP contribution in [0.5, 0.6) is 0 Å². The summed E-state index contributed by atoms with van der Waals surface area (Å²) in [5.74, 6) is 0.200. The Bertz CT molecular complexity index is 462. The lowest BCUT2D eigenvalue weighted by atomic mass is 10.2. The van der Waals surface area contributed by atoms with Gasteiger partial charge in [-0.2, -0.15) is 4.98 Å². The molecule has 2 heterocycles. The van der Waals surface area contributed by atoms with Crippen LogP contribution in [-0.4, -0.2) is 42.6 Å². The van der Waals surface area contributed by atoms with Crippen molar-refractivity contribution in [1.29, 1.82) is 0 Å². The second-order valence-corrected chi connectivity index (χ2v) is 4.14. The molecular formula is C11H17N3O4. The van der Waals surface area contributed by atoms with Gasteiger partial charge in [0.1, 0.15) is 18.1 Å². The quantitative estimate of drug-likeness (QED) is 0.799. The van der Waals surface area contributed by atoms with E-state index in [-0.39, 0.29) is 18.0 Å². The zero-order valence-corrected chi connectivity index (χ0v) is 10.4. The second-order valence-electron chi connectivity index (χ2n) is 4.14. The van der Waals surface area contributed by atoms with E-state index in [0.717, 1.165) is 0 Å². The average molecular weight is 255 g/mol. The molecule has 1 aliphatic rings. The topological polar surface area (TPSA) is 88.6 Å². The van der Waals surface area contributed by atoms with E-state index < -0.39 is 11.9 Å². The van der Waals surface area contributed by atoms with Crippen LogP contribution in [0.15, 0.2) is 17.1 Å². The van der Waals surface area contributed by atoms with E-state index in [9.17, 15) is 4.79 Å². The van der Waals surface area contributed by atoms with Crippen molar-refractivity contribution in [3.63, 3.8) is 0 Å². The molecule has 1 aromatic heterocycles. The lowest BCUT2D eigenvalue weighted by molar-refractivity contribution is -0.0617. The Morgan fingerprint density at radius 2 is 2.39 bits per heavy atom. The molecule has 18 heavy (non-hydrogen) atoms. The van der Waals surface area contributed by atoms with Gasteiger partial charge in [-0.25, -0.2) is 4.79 Å². The summed E-state index contributed by atoms with van der Waals surface area (Å²) < 4.78 is 17.5. The zero-order valence-electron chi connectivity index (χ0n) is 10.4. The van der Waals surface area contributed by atoms with Gasteiger partial charge >= 0.3 is 5.69 Å². The first kappa shape index (κ1) is 13.0. The zero-order chi connectivity index (χ0) is 13.1. The molecule has 3 atom stereocenters. The first-order valence-corrected chi connectivity index (χ1v) is 5.67. The van der Waals surface area contributed by atoms with Crippen molar-refractivity contribution in [2.75, 3.05) is 26.6 Å². The number of hydrogen-bond acceptors (Lipinski definition) is 6. The van der Waals surface area contributed by atoms with Gasteiger partial charge in [-0.05, 0) is 6.07 Å². The summed E-state index contributed by atoms with van der Waals surface area (Å²) in [4.78, 5) is 15.4. The minimum atomic E-state index is -0.423. The molecule has 1 fully saturated rings. The first-order chi connectivity index (χ1) is 8.65. The number of nitrogens with zero attached hydrogens (tertiary/aromatic N) is 2. The molecule has 1 aromatic rings. The highest BCUT2D eigenvalue weighted by Crippen LogP contribution is 2.29. The number of hydrogen-bond donors (Lipinski definition) is 1. The Balaban J connectivity index is 2.18. The van der Waals surface area contributed by atoms with Gasteiger partial charge in [0.05, 0.1) is 12.7 Å². The van der Waals surface area contributed by atoms with Crippen molar-refractivity contribution in [3.05, 3.63) is 22.7 Å². The molecule has 0 radical (unpaired) electrons. The highest BCUT2D eigenvalue weighted by molar-refractivity contribution is 5.23. The Morgan fingerprint density at radius 3 is 3.00 bits per heavy atom. The molecule has 2 rings (SSSR count). The van der Waals surface area contributed by atoms with E-state index >= 15 is 0 Å². The lowest BCUT2D eigenvalue weighted by Crippen LogP contribution is -2.28. The van der Waals surface area contributed by atoms with Crippen molar-refractivity contribution in [2.24, 2.45) is 0 Å². The van der Waals surface area contributed by atoms with Gasteiger partial charge in [0.15, 0.2) is 0 Å². The van der Waals surface area contributed by atoms with Crippen molar-refractivity contribution < 1.29 is 14.2 Å². The number of methoxy groups -OCH3 is 2. The maximum absolute atomic E-state index is 11.7. The molecule has 3 unspecified atom stereocenters. The van der Waals surface area contributed by atoms with Crippen LogP contribution in [0, 0.1) is 0 Å². The fraction of sp³-hybridized carbons (Fsp3) is 0.636. The molecular weight excluding hydrogens is 238 g/mol. The summed E-state index contributed by atoms with van der Waals surface area (Å²) >= 11 is 0. The summed E-state index contributed by atoms with van der Waals surface area (Å²) in [5.41, 5.74) is 5.02. The number of rotatable bonds is 4. The summed E-state index contributed by atoms with van der Waals surface area (Å²) in [6, 6.07) is 1.57. The van der Waals surface area contributed by atoms with Crippen LogP contribution < -0.4 is 11.4 Å². The van der Waals surface area contributed by atoms with E-state index in [1.54, 1.807) is 26.5 Å². The fourth-order valence-electron chi connectivity index (χ4n) is 2.08. The van der Waals surface area contributed by atoms with Crippen LogP contribution in [0.3, 0.4) is 0 Å². The molecule has 0 saturated carbocycles. The van der Waals surface area contributed by atoms with E-state index in [1.165, 1.54) is 4.57 Å². The van der Waals surface area contributed by atoms with Crippen LogP contribution in [0.4, 0.5) is 5.82 Å². The normalized spacial score (nSPS) is 27.6. The van der Waals surface area contributed by atoms with Crippen molar-refractivity contribution in [1.82, 2.24) is 9.55 Å². The van der Waals surface area contributed by atoms with Crippen LogP contribution in [0.2, 0.25) is 0 Å². The van der Waals surface area contributed by atoms with E-state index in [1.807, 2.05) is 0 Å². The third-order valence-corrected chi connectivity index (χ3v) is 2.98. The third-order valence-electron chi connectivity index (χ3n) is 2.98. The molecule has 0 bridgehead atoms. The molecule has 7 nitrogen and oxygen atoms in total. The fourth-order valence-corrected chi connectivity index (χ4v) is 2.08. The molecule has 2 N–H and O–H groups in total. The van der Waals surface area contributed by atoms with Gasteiger partial charge in [-0.15, -0.1) is 0 Å². The van der Waals surface area contributed by atoms with Gasteiger partial charge in [0, 0.05) is 26.8 Å². The van der Waals surface area contributed by atoms with Crippen LogP contribution in [-0.2, 0) is 14.2 Å². The van der Waals surface area contributed by atoms with Crippen molar-refractivity contribution in [2.45, 2.75) is 24.9 Å². The molecule has 0 spiro atoms. The highest BCUT2D eigenvalue weighted by Gasteiger charge is 2.36. The first-order valence-electron chi connectivity index (χ1n) is 5.67. The van der Waals surface area contributed by atoms with Gasteiger partial charge in [0.25, 0.3) is 0 Å². The van der Waals surface area contributed by atoms with Crippen LogP contribution in [0.1, 0.15) is 12.6 Å². The smallest absolute Gasteiger partial charge is 0.351 e. The highest BCUT2D eigenvalue weighted by atomic mass is 16.6. The monoisotopic (exact) mass is 255 g/mol. The predicted molar refractivity (Wildman–Crippen MR) is 64.1 cm³/mol. The number of anilines is 1. The molecule has 0 aliphatic carbocycles. The maximum Gasteiger partial charge on any atom is 0.351 e. The van der Waals surface area contributed by atoms with Gasteiger partial charge in [-0.1, -0.05) is 0 Å². The summed E-state index contributed by atoms with van der Waals surface area (Å²) in [7, 11) is 3.21. The molecule has 7 heteroatoms. The van der Waals surface area contributed by atoms with Gasteiger partial charge in [0.2, 0.25) is 0 Å². The van der Waals surface area contributed by atoms with Crippen LogP contribution >= 0.6 is 0 Å². The molecule has 1 aliphatic heterocycles. The molecule has 1 saturated heterocycles. The minimum absolute atomic E-state index is 0.0978. The largest absolute Gasteiger partial charge is 0.383 e. The Morgan fingerprint density at radius 1 is 1.61 bits per heavy atom. The van der Waals surface area contributed by atoms with Crippen molar-refractivity contribution >= 4 is 5.82 Å². The average Bonchev–Trinajstić information content (AvgIpc) is 2.72. The summed E-state index contributed by atoms with van der Waals surface area (Å²) in [6.45, 7) is 0.423. The lowest BCUT2D eigenvalue weighted by Gasteiger charge is -2.16. The second kappa shape index (κ2) is 5.47. The van der Waals surface area contributed by atoms with E-state index in [2.05, 4.69) is 4.98 Å². The Hall–Kier alpha value is -1.44. The number of nitrogens with two attached hydrogens (primary N) is 1. The molecule has 100 valence electrons. The van der Waals surface area contributed by atoms with E-state index in [4.69, 9.17) is 19.9 Å². The molecule has 0 amide bonds. The number of aromatic nitrogens is 2. The third kappa shape index (κ3) is 2.53.